The van der Waals surface area contributed by atoms with Gasteiger partial charge in [-0.15, -0.1) is 0 Å². The van der Waals surface area contributed by atoms with Crippen molar-refractivity contribution in [3.8, 4) is 5.88 Å². The van der Waals surface area contributed by atoms with Crippen molar-refractivity contribution in [1.29, 1.82) is 0 Å². The predicted octanol–water partition coefficient (Wildman–Crippen LogP) is 4.83. The average Bonchev–Trinajstić information content (AvgIpc) is 2.76. The molecular weight excluding hydrogens is 250 g/mol. The zero-order chi connectivity index (χ0) is 12.8. The van der Waals surface area contributed by atoms with Crippen molar-refractivity contribution >= 4 is 22.6 Å². The normalized spacial score (nSPS) is 11.0. The molecule has 0 N–H and O–H groups in total. The fourth-order valence-corrected chi connectivity index (χ4v) is 2.04. The molecule has 2 aromatic rings. The number of halogens is 1. The molecule has 0 aliphatic heterocycles. The Kier molecular flexibility index (Phi) is 4.88. The number of fused-ring (bicyclic) bond motifs is 1. The van der Waals surface area contributed by atoms with E-state index < -0.39 is 0 Å². The molecule has 0 saturated heterocycles. The molecule has 2 rings (SSSR count). The van der Waals surface area contributed by atoms with Crippen molar-refractivity contribution in [3.63, 3.8) is 0 Å². The number of unbranched alkanes of at least 4 members (excludes halogenated alkanes) is 4. The highest BCUT2D eigenvalue weighted by molar-refractivity contribution is 6.31. The molecule has 0 atom stereocenters. The van der Waals surface area contributed by atoms with E-state index in [0.29, 0.717) is 23.1 Å². The molecule has 4 heteroatoms. The number of ether oxygens (including phenoxy) is 1. The highest BCUT2D eigenvalue weighted by atomic mass is 35.5. The van der Waals surface area contributed by atoms with Crippen LogP contribution in [0.5, 0.6) is 5.88 Å². The molecule has 1 heterocycles. The van der Waals surface area contributed by atoms with Crippen molar-refractivity contribution in [2.75, 3.05) is 6.61 Å². The Morgan fingerprint density at radius 3 is 2.89 bits per heavy atom. The third-order valence-electron chi connectivity index (χ3n) is 2.89. The number of aromatic nitrogens is 1. The van der Waals surface area contributed by atoms with Gasteiger partial charge in [0.25, 0.3) is 5.88 Å². The lowest BCUT2D eigenvalue weighted by Crippen LogP contribution is -1.97. The van der Waals surface area contributed by atoms with E-state index in [-0.39, 0.29) is 0 Å². The maximum Gasteiger partial charge on any atom is 0.262 e. The van der Waals surface area contributed by atoms with Gasteiger partial charge in [0, 0.05) is 5.02 Å². The smallest absolute Gasteiger partial charge is 0.262 e. The van der Waals surface area contributed by atoms with Crippen LogP contribution in [0.2, 0.25) is 5.02 Å². The monoisotopic (exact) mass is 267 g/mol. The molecule has 0 fully saturated rings. The van der Waals surface area contributed by atoms with Crippen LogP contribution in [0, 0.1) is 0 Å². The van der Waals surface area contributed by atoms with Gasteiger partial charge in [-0.1, -0.05) is 44.2 Å². The summed E-state index contributed by atoms with van der Waals surface area (Å²) >= 11 is 5.94. The van der Waals surface area contributed by atoms with E-state index in [1.165, 1.54) is 25.7 Å². The average molecular weight is 268 g/mol. The van der Waals surface area contributed by atoms with E-state index in [1.807, 2.05) is 6.07 Å². The Morgan fingerprint density at radius 2 is 2.06 bits per heavy atom. The van der Waals surface area contributed by atoms with Gasteiger partial charge in [0.1, 0.15) is 0 Å². The predicted molar refractivity (Wildman–Crippen MR) is 73.3 cm³/mol. The number of hydrogen-bond donors (Lipinski definition) is 0. The van der Waals surface area contributed by atoms with Crippen LogP contribution in [0.1, 0.15) is 39.0 Å². The van der Waals surface area contributed by atoms with Gasteiger partial charge in [-0.05, 0) is 29.8 Å². The van der Waals surface area contributed by atoms with Gasteiger partial charge in [-0.2, -0.15) is 0 Å². The molecule has 0 amide bonds. The number of nitrogens with zero attached hydrogens (tertiary/aromatic N) is 1. The molecular formula is C14H18ClNO2. The second-order valence-corrected chi connectivity index (χ2v) is 4.83. The summed E-state index contributed by atoms with van der Waals surface area (Å²) in [5, 5.41) is 5.42. The zero-order valence-electron chi connectivity index (χ0n) is 10.6. The molecule has 0 saturated carbocycles. The second kappa shape index (κ2) is 6.64. The van der Waals surface area contributed by atoms with Crippen LogP contribution in [0.25, 0.3) is 11.0 Å². The Labute approximate surface area is 112 Å². The summed E-state index contributed by atoms with van der Waals surface area (Å²) in [6.07, 6.45) is 6.07. The van der Waals surface area contributed by atoms with E-state index in [2.05, 4.69) is 12.1 Å². The molecule has 0 spiro atoms. The number of hydrogen-bond acceptors (Lipinski definition) is 3. The summed E-state index contributed by atoms with van der Waals surface area (Å²) in [4.78, 5) is 0. The second-order valence-electron chi connectivity index (χ2n) is 4.39. The Morgan fingerprint density at radius 1 is 1.22 bits per heavy atom. The lowest BCUT2D eigenvalue weighted by Gasteiger charge is -2.02. The van der Waals surface area contributed by atoms with Crippen molar-refractivity contribution in [2.24, 2.45) is 0 Å². The van der Waals surface area contributed by atoms with Crippen LogP contribution in [-0.4, -0.2) is 11.8 Å². The van der Waals surface area contributed by atoms with Gasteiger partial charge >= 0.3 is 0 Å². The van der Waals surface area contributed by atoms with Gasteiger partial charge < -0.3 is 9.26 Å². The lowest BCUT2D eigenvalue weighted by atomic mass is 10.2. The minimum atomic E-state index is 0.544. The van der Waals surface area contributed by atoms with Crippen molar-refractivity contribution in [2.45, 2.75) is 39.0 Å². The third kappa shape index (κ3) is 3.39. The molecule has 0 aliphatic rings. The molecule has 0 aliphatic carbocycles. The topological polar surface area (TPSA) is 35.3 Å². The van der Waals surface area contributed by atoms with Crippen molar-refractivity contribution in [1.82, 2.24) is 5.16 Å². The maximum atomic E-state index is 5.94. The fraction of sp³-hybridized carbons (Fsp3) is 0.500. The summed E-state index contributed by atoms with van der Waals surface area (Å²) in [5.41, 5.74) is 0.709. The summed E-state index contributed by atoms with van der Waals surface area (Å²) in [7, 11) is 0. The highest BCUT2D eigenvalue weighted by Crippen LogP contribution is 2.27. The number of rotatable bonds is 7. The number of benzene rings is 1. The highest BCUT2D eigenvalue weighted by Gasteiger charge is 2.09. The van der Waals surface area contributed by atoms with Crippen LogP contribution in [0.4, 0.5) is 0 Å². The quantitative estimate of drug-likeness (QED) is 0.674. The minimum absolute atomic E-state index is 0.544. The van der Waals surface area contributed by atoms with Gasteiger partial charge in [0.15, 0.2) is 5.58 Å². The van der Waals surface area contributed by atoms with E-state index in [9.17, 15) is 0 Å². The SMILES string of the molecule is CCCCCCCOc1noc2ccc(Cl)cc12. The summed E-state index contributed by atoms with van der Waals surface area (Å²) in [5.74, 6) is 0.544. The largest absolute Gasteiger partial charge is 0.475 e. The van der Waals surface area contributed by atoms with E-state index >= 15 is 0 Å². The zero-order valence-corrected chi connectivity index (χ0v) is 11.4. The summed E-state index contributed by atoms with van der Waals surface area (Å²) in [6.45, 7) is 2.89. The molecule has 18 heavy (non-hydrogen) atoms. The first kappa shape index (κ1) is 13.2. The van der Waals surface area contributed by atoms with Crippen LogP contribution in [0.3, 0.4) is 0 Å². The van der Waals surface area contributed by atoms with Crippen LogP contribution < -0.4 is 4.74 Å². The van der Waals surface area contributed by atoms with Gasteiger partial charge in [0.2, 0.25) is 0 Å². The molecule has 0 radical (unpaired) electrons. The standard InChI is InChI=1S/C14H18ClNO2/c1-2-3-4-5-6-9-17-14-12-10-11(15)7-8-13(12)18-16-14/h7-8,10H,2-6,9H2,1H3. The Hall–Kier alpha value is -1.22. The van der Waals surface area contributed by atoms with Crippen LogP contribution in [0.15, 0.2) is 22.7 Å². The Bertz CT molecular complexity index is 495. The summed E-state index contributed by atoms with van der Waals surface area (Å²) in [6, 6.07) is 5.40. The molecule has 0 bridgehead atoms. The summed E-state index contributed by atoms with van der Waals surface area (Å²) < 4.78 is 10.8. The first-order chi connectivity index (χ1) is 8.81. The van der Waals surface area contributed by atoms with Crippen molar-refractivity contribution < 1.29 is 9.26 Å². The fourth-order valence-electron chi connectivity index (χ4n) is 1.87. The Balaban J connectivity index is 1.86. The molecule has 1 aromatic heterocycles. The van der Waals surface area contributed by atoms with Gasteiger partial charge in [-0.25, -0.2) is 0 Å². The van der Waals surface area contributed by atoms with Gasteiger partial charge in [-0.3, -0.25) is 0 Å². The third-order valence-corrected chi connectivity index (χ3v) is 3.12. The van der Waals surface area contributed by atoms with Crippen LogP contribution in [-0.2, 0) is 0 Å². The van der Waals surface area contributed by atoms with E-state index in [4.69, 9.17) is 20.9 Å². The van der Waals surface area contributed by atoms with Crippen LogP contribution >= 0.6 is 11.6 Å². The lowest BCUT2D eigenvalue weighted by molar-refractivity contribution is 0.275. The molecule has 1 aromatic carbocycles. The molecule has 0 unspecified atom stereocenters. The molecule has 3 nitrogen and oxygen atoms in total. The van der Waals surface area contributed by atoms with E-state index in [1.54, 1.807) is 12.1 Å². The van der Waals surface area contributed by atoms with E-state index in [0.717, 1.165) is 11.8 Å². The molecule has 98 valence electrons. The van der Waals surface area contributed by atoms with Crippen molar-refractivity contribution in [3.05, 3.63) is 23.2 Å². The first-order valence-electron chi connectivity index (χ1n) is 6.49. The maximum absolute atomic E-state index is 5.94. The first-order valence-corrected chi connectivity index (χ1v) is 6.87. The minimum Gasteiger partial charge on any atom is -0.475 e. The van der Waals surface area contributed by atoms with Gasteiger partial charge in [0.05, 0.1) is 12.0 Å².